The van der Waals surface area contributed by atoms with E-state index in [-0.39, 0.29) is 12.6 Å². The molecule has 0 radical (unpaired) electrons. The molecule has 1 aliphatic rings. The van der Waals surface area contributed by atoms with Gasteiger partial charge < -0.3 is 10.4 Å². The zero-order chi connectivity index (χ0) is 16.7. The molecular formula is C17H28N2O3S. The van der Waals surface area contributed by atoms with Crippen LogP contribution in [-0.4, -0.2) is 50.3 Å². The van der Waals surface area contributed by atoms with Gasteiger partial charge in [0, 0.05) is 25.7 Å². The summed E-state index contributed by atoms with van der Waals surface area (Å²) in [5.41, 5.74) is 1.22. The van der Waals surface area contributed by atoms with Crippen LogP contribution in [0.2, 0.25) is 0 Å². The Balaban J connectivity index is 1.92. The molecule has 2 atom stereocenters. The van der Waals surface area contributed by atoms with Crippen LogP contribution >= 0.6 is 0 Å². The van der Waals surface area contributed by atoms with Crippen molar-refractivity contribution in [2.75, 3.05) is 32.5 Å². The summed E-state index contributed by atoms with van der Waals surface area (Å²) in [6.07, 6.45) is 4.90. The van der Waals surface area contributed by atoms with E-state index in [9.17, 15) is 8.42 Å². The molecule has 2 rings (SSSR count). The average molecular weight is 340 g/mol. The molecule has 1 aromatic rings. The lowest BCUT2D eigenvalue weighted by atomic mass is 9.97. The molecule has 1 saturated heterocycles. The second-order valence-corrected chi connectivity index (χ2v) is 8.35. The van der Waals surface area contributed by atoms with Gasteiger partial charge in [-0.25, -0.2) is 12.7 Å². The van der Waals surface area contributed by atoms with E-state index in [1.54, 1.807) is 4.31 Å². The summed E-state index contributed by atoms with van der Waals surface area (Å²) in [4.78, 5) is 0. The third kappa shape index (κ3) is 5.88. The molecule has 0 amide bonds. The van der Waals surface area contributed by atoms with Crippen molar-refractivity contribution < 1.29 is 13.5 Å². The van der Waals surface area contributed by atoms with Crippen LogP contribution in [0.3, 0.4) is 0 Å². The van der Waals surface area contributed by atoms with Crippen LogP contribution in [0.4, 0.5) is 0 Å². The van der Waals surface area contributed by atoms with Gasteiger partial charge in [-0.2, -0.15) is 0 Å². The van der Waals surface area contributed by atoms with Gasteiger partial charge in [-0.15, -0.1) is 0 Å². The smallest absolute Gasteiger partial charge is 0.211 e. The Morgan fingerprint density at radius 2 is 2.09 bits per heavy atom. The lowest BCUT2D eigenvalue weighted by molar-refractivity contribution is 0.246. The lowest BCUT2D eigenvalue weighted by Crippen LogP contribution is -2.42. The first-order valence-electron chi connectivity index (χ1n) is 8.35. The third-order valence-electron chi connectivity index (χ3n) is 4.46. The first-order valence-corrected chi connectivity index (χ1v) is 10.2. The molecule has 2 N–H and O–H groups in total. The molecule has 1 heterocycles. The van der Waals surface area contributed by atoms with Gasteiger partial charge in [0.15, 0.2) is 0 Å². The van der Waals surface area contributed by atoms with E-state index in [1.165, 1.54) is 11.8 Å². The quantitative estimate of drug-likeness (QED) is 0.757. The highest BCUT2D eigenvalue weighted by atomic mass is 32.2. The van der Waals surface area contributed by atoms with E-state index in [4.69, 9.17) is 5.11 Å². The van der Waals surface area contributed by atoms with Gasteiger partial charge in [0.1, 0.15) is 0 Å². The van der Waals surface area contributed by atoms with Gasteiger partial charge >= 0.3 is 0 Å². The zero-order valence-electron chi connectivity index (χ0n) is 13.8. The first kappa shape index (κ1) is 18.4. The number of rotatable bonds is 8. The van der Waals surface area contributed by atoms with E-state index < -0.39 is 10.0 Å². The Bertz CT molecular complexity index is 562. The maximum atomic E-state index is 11.7. The Kier molecular flexibility index (Phi) is 7.02. The standard InChI is InChI=1S/C17H28N2O3S/c1-23(21,22)19-11-5-7-15(14-19)13-18-17(10-6-12-20)16-8-3-2-4-9-16/h2-4,8-9,15,17-18,20H,5-7,10-14H2,1H3. The molecule has 23 heavy (non-hydrogen) atoms. The van der Waals surface area contributed by atoms with Crippen LogP contribution < -0.4 is 5.32 Å². The SMILES string of the molecule is CS(=O)(=O)N1CCCC(CNC(CCCO)c2ccccc2)C1. The van der Waals surface area contributed by atoms with Gasteiger partial charge in [-0.05, 0) is 43.7 Å². The first-order chi connectivity index (χ1) is 11.0. The van der Waals surface area contributed by atoms with E-state index in [0.717, 1.165) is 32.2 Å². The van der Waals surface area contributed by atoms with Crippen molar-refractivity contribution in [2.24, 2.45) is 5.92 Å². The van der Waals surface area contributed by atoms with Crippen LogP contribution in [0.1, 0.15) is 37.3 Å². The monoisotopic (exact) mass is 340 g/mol. The Hall–Kier alpha value is -0.950. The fraction of sp³-hybridized carbons (Fsp3) is 0.647. The fourth-order valence-corrected chi connectivity index (χ4v) is 4.11. The summed E-state index contributed by atoms with van der Waals surface area (Å²) in [7, 11) is -3.09. The van der Waals surface area contributed by atoms with Crippen molar-refractivity contribution in [1.82, 2.24) is 9.62 Å². The third-order valence-corrected chi connectivity index (χ3v) is 5.73. The number of piperidine rings is 1. The van der Waals surface area contributed by atoms with Gasteiger partial charge in [-0.3, -0.25) is 0 Å². The molecule has 5 nitrogen and oxygen atoms in total. The van der Waals surface area contributed by atoms with Crippen molar-refractivity contribution in [1.29, 1.82) is 0 Å². The summed E-state index contributed by atoms with van der Waals surface area (Å²) in [6, 6.07) is 10.4. The van der Waals surface area contributed by atoms with E-state index in [0.29, 0.717) is 19.0 Å². The molecule has 0 aliphatic carbocycles. The van der Waals surface area contributed by atoms with Gasteiger partial charge in [0.05, 0.1) is 6.26 Å². The van der Waals surface area contributed by atoms with E-state index in [2.05, 4.69) is 17.4 Å². The Labute approximate surface area is 139 Å². The molecule has 0 aromatic heterocycles. The van der Waals surface area contributed by atoms with Gasteiger partial charge in [0.2, 0.25) is 10.0 Å². The molecule has 1 aromatic carbocycles. The van der Waals surface area contributed by atoms with E-state index in [1.807, 2.05) is 18.2 Å². The van der Waals surface area contributed by atoms with Gasteiger partial charge in [-0.1, -0.05) is 30.3 Å². The minimum atomic E-state index is -3.09. The Morgan fingerprint density at radius 3 is 2.74 bits per heavy atom. The highest BCUT2D eigenvalue weighted by Gasteiger charge is 2.26. The molecule has 0 saturated carbocycles. The van der Waals surface area contributed by atoms with Gasteiger partial charge in [0.25, 0.3) is 0 Å². The minimum absolute atomic E-state index is 0.191. The molecule has 2 unspecified atom stereocenters. The number of nitrogens with one attached hydrogen (secondary N) is 1. The zero-order valence-corrected chi connectivity index (χ0v) is 14.6. The van der Waals surface area contributed by atoms with Crippen molar-refractivity contribution in [3.8, 4) is 0 Å². The number of sulfonamides is 1. The van der Waals surface area contributed by atoms with Crippen molar-refractivity contribution in [2.45, 2.75) is 31.7 Å². The highest BCUT2D eigenvalue weighted by Crippen LogP contribution is 2.22. The fourth-order valence-electron chi connectivity index (χ4n) is 3.17. The maximum Gasteiger partial charge on any atom is 0.211 e. The second kappa shape index (κ2) is 8.78. The van der Waals surface area contributed by atoms with E-state index >= 15 is 0 Å². The van der Waals surface area contributed by atoms with Crippen LogP contribution in [-0.2, 0) is 10.0 Å². The van der Waals surface area contributed by atoms with Crippen molar-refractivity contribution >= 4 is 10.0 Å². The number of hydrogen-bond acceptors (Lipinski definition) is 4. The number of aliphatic hydroxyl groups excluding tert-OH is 1. The maximum absolute atomic E-state index is 11.7. The van der Waals surface area contributed by atoms with Crippen molar-refractivity contribution in [3.05, 3.63) is 35.9 Å². The second-order valence-electron chi connectivity index (χ2n) is 6.37. The van der Waals surface area contributed by atoms with Crippen LogP contribution in [0.5, 0.6) is 0 Å². The predicted octanol–water partition coefficient (Wildman–Crippen LogP) is 1.76. The molecule has 6 heteroatoms. The normalized spacial score (nSPS) is 21.2. The molecule has 1 aliphatic heterocycles. The number of nitrogens with zero attached hydrogens (tertiary/aromatic N) is 1. The summed E-state index contributed by atoms with van der Waals surface area (Å²) in [6.45, 7) is 2.24. The molecule has 130 valence electrons. The summed E-state index contributed by atoms with van der Waals surface area (Å²) < 4.78 is 25.0. The number of aliphatic hydroxyl groups is 1. The summed E-state index contributed by atoms with van der Waals surface area (Å²) in [5.74, 6) is 0.346. The van der Waals surface area contributed by atoms with Crippen LogP contribution in [0.25, 0.3) is 0 Å². The number of hydrogen-bond donors (Lipinski definition) is 2. The minimum Gasteiger partial charge on any atom is -0.396 e. The number of benzene rings is 1. The van der Waals surface area contributed by atoms with Crippen LogP contribution in [0.15, 0.2) is 30.3 Å². The Morgan fingerprint density at radius 1 is 1.35 bits per heavy atom. The average Bonchev–Trinajstić information content (AvgIpc) is 2.55. The molecular weight excluding hydrogens is 312 g/mol. The lowest BCUT2D eigenvalue weighted by Gasteiger charge is -2.32. The predicted molar refractivity (Wildman–Crippen MR) is 92.6 cm³/mol. The van der Waals surface area contributed by atoms with Crippen LogP contribution in [0, 0.1) is 5.92 Å². The molecule has 0 spiro atoms. The summed E-state index contributed by atoms with van der Waals surface area (Å²) >= 11 is 0. The molecule has 1 fully saturated rings. The largest absolute Gasteiger partial charge is 0.396 e. The topological polar surface area (TPSA) is 69.6 Å². The molecule has 0 bridgehead atoms. The summed E-state index contributed by atoms with van der Waals surface area (Å²) in [5, 5.41) is 12.7. The highest BCUT2D eigenvalue weighted by molar-refractivity contribution is 7.88. The van der Waals surface area contributed by atoms with Crippen molar-refractivity contribution in [3.63, 3.8) is 0 Å².